The predicted octanol–water partition coefficient (Wildman–Crippen LogP) is 3.46. The molecule has 2 rings (SSSR count). The van der Waals surface area contributed by atoms with Crippen LogP contribution in [0.4, 0.5) is 4.79 Å². The van der Waals surface area contributed by atoms with Crippen molar-refractivity contribution in [2.24, 2.45) is 0 Å². The van der Waals surface area contributed by atoms with E-state index in [4.69, 9.17) is 4.74 Å². The molecular weight excluding hydrogens is 344 g/mol. The van der Waals surface area contributed by atoms with Gasteiger partial charge in [-0.2, -0.15) is 0 Å². The molecule has 1 aromatic carbocycles. The fourth-order valence-corrected chi connectivity index (χ4v) is 2.78. The Morgan fingerprint density at radius 1 is 1.27 bits per heavy atom. The number of hydrogen-bond acceptors (Lipinski definition) is 2. The van der Waals surface area contributed by atoms with Gasteiger partial charge in [-0.3, -0.25) is 0 Å². The summed E-state index contributed by atoms with van der Waals surface area (Å²) >= 11 is 3.38. The summed E-state index contributed by atoms with van der Waals surface area (Å²) in [6, 6.07) is 7.80. The molecule has 1 aliphatic carbocycles. The highest BCUT2D eigenvalue weighted by Crippen LogP contribution is 2.17. The van der Waals surface area contributed by atoms with Crippen molar-refractivity contribution in [1.29, 1.82) is 0 Å². The van der Waals surface area contributed by atoms with E-state index in [-0.39, 0.29) is 6.03 Å². The lowest BCUT2D eigenvalue weighted by atomic mass is 9.96. The quantitative estimate of drug-likeness (QED) is 0.803. The van der Waals surface area contributed by atoms with Gasteiger partial charge in [0, 0.05) is 10.5 Å². The molecule has 1 saturated carbocycles. The Hall–Kier alpha value is -1.67. The maximum Gasteiger partial charge on any atom is 0.315 e. The third kappa shape index (κ3) is 6.40. The number of ether oxygens (including phenoxy) is 1. The Morgan fingerprint density at radius 2 is 2.09 bits per heavy atom. The molecule has 0 spiro atoms. The summed E-state index contributed by atoms with van der Waals surface area (Å²) in [6.45, 7) is 0.642. The van der Waals surface area contributed by atoms with Crippen LogP contribution in [0, 0.1) is 11.8 Å². The molecule has 118 valence electrons. The largest absolute Gasteiger partial charge is 0.481 e. The number of rotatable bonds is 4. The van der Waals surface area contributed by atoms with Crippen molar-refractivity contribution < 1.29 is 9.53 Å². The van der Waals surface area contributed by atoms with Crippen molar-refractivity contribution in [2.75, 3.05) is 13.2 Å². The van der Waals surface area contributed by atoms with Crippen LogP contribution in [0.2, 0.25) is 0 Å². The second-order valence-corrected chi connectivity index (χ2v) is 6.18. The monoisotopic (exact) mass is 364 g/mol. The molecule has 0 aromatic heterocycles. The lowest BCUT2D eigenvalue weighted by Crippen LogP contribution is -2.42. The minimum absolute atomic E-state index is 0.130. The van der Waals surface area contributed by atoms with Gasteiger partial charge in [0.05, 0.1) is 6.54 Å². The number of benzene rings is 1. The number of hydrogen-bond donors (Lipinski definition) is 2. The summed E-state index contributed by atoms with van der Waals surface area (Å²) < 4.78 is 6.45. The topological polar surface area (TPSA) is 50.4 Å². The highest BCUT2D eigenvalue weighted by Gasteiger charge is 2.14. The zero-order valence-electron chi connectivity index (χ0n) is 12.5. The van der Waals surface area contributed by atoms with Crippen LogP contribution in [-0.2, 0) is 0 Å². The number of halogens is 1. The smallest absolute Gasteiger partial charge is 0.315 e. The molecule has 0 saturated heterocycles. The maximum atomic E-state index is 11.7. The van der Waals surface area contributed by atoms with E-state index in [9.17, 15) is 4.79 Å². The average Bonchev–Trinajstić information content (AvgIpc) is 2.52. The van der Waals surface area contributed by atoms with E-state index in [1.54, 1.807) is 0 Å². The van der Waals surface area contributed by atoms with Gasteiger partial charge in [0.25, 0.3) is 0 Å². The van der Waals surface area contributed by atoms with Gasteiger partial charge in [0.2, 0.25) is 0 Å². The van der Waals surface area contributed by atoms with Crippen LogP contribution in [-0.4, -0.2) is 25.2 Å². The summed E-state index contributed by atoms with van der Waals surface area (Å²) in [5.41, 5.74) is 0. The molecule has 0 radical (unpaired) electrons. The summed E-state index contributed by atoms with van der Waals surface area (Å²) in [5.74, 6) is 6.53. The average molecular weight is 365 g/mol. The SMILES string of the molecule is O=C(NCC#CCOc1cccc(Br)c1)NC1CCCCC1. The zero-order valence-corrected chi connectivity index (χ0v) is 14.1. The third-order valence-corrected chi connectivity index (χ3v) is 4.00. The van der Waals surface area contributed by atoms with Gasteiger partial charge < -0.3 is 15.4 Å². The molecule has 0 atom stereocenters. The van der Waals surface area contributed by atoms with Crippen molar-refractivity contribution in [3.05, 3.63) is 28.7 Å². The standard InChI is InChI=1S/C17H21BrN2O2/c18-14-7-6-10-16(13-14)22-12-5-4-11-19-17(21)20-15-8-2-1-3-9-15/h6-7,10,13,15H,1-3,8-9,11-12H2,(H2,19,20,21). The van der Waals surface area contributed by atoms with E-state index in [0.29, 0.717) is 19.2 Å². The van der Waals surface area contributed by atoms with Gasteiger partial charge in [-0.15, -0.1) is 0 Å². The molecule has 1 aliphatic rings. The lowest BCUT2D eigenvalue weighted by molar-refractivity contribution is 0.234. The van der Waals surface area contributed by atoms with Crippen LogP contribution >= 0.6 is 15.9 Å². The summed E-state index contributed by atoms with van der Waals surface area (Å²) in [7, 11) is 0. The predicted molar refractivity (Wildman–Crippen MR) is 90.8 cm³/mol. The highest BCUT2D eigenvalue weighted by molar-refractivity contribution is 9.10. The van der Waals surface area contributed by atoms with E-state index < -0.39 is 0 Å². The van der Waals surface area contributed by atoms with Crippen LogP contribution < -0.4 is 15.4 Å². The van der Waals surface area contributed by atoms with Crippen molar-refractivity contribution in [1.82, 2.24) is 10.6 Å². The minimum atomic E-state index is -0.130. The molecule has 5 heteroatoms. The Balaban J connectivity index is 1.59. The van der Waals surface area contributed by atoms with Crippen molar-refractivity contribution >= 4 is 22.0 Å². The van der Waals surface area contributed by atoms with E-state index >= 15 is 0 Å². The molecule has 0 unspecified atom stereocenters. The molecule has 0 aliphatic heterocycles. The number of carbonyl (C=O) groups is 1. The van der Waals surface area contributed by atoms with Crippen molar-refractivity contribution in [2.45, 2.75) is 38.1 Å². The molecule has 0 bridgehead atoms. The first kappa shape index (κ1) is 16.7. The molecule has 1 fully saturated rings. The Labute approximate surface area is 140 Å². The fraction of sp³-hybridized carbons (Fsp3) is 0.471. The minimum Gasteiger partial charge on any atom is -0.481 e. The van der Waals surface area contributed by atoms with E-state index in [0.717, 1.165) is 23.1 Å². The normalized spacial score (nSPS) is 14.6. The van der Waals surface area contributed by atoms with Crippen molar-refractivity contribution in [3.8, 4) is 17.6 Å². The lowest BCUT2D eigenvalue weighted by Gasteiger charge is -2.22. The molecule has 22 heavy (non-hydrogen) atoms. The first-order valence-corrected chi connectivity index (χ1v) is 8.42. The van der Waals surface area contributed by atoms with Gasteiger partial charge in [0.1, 0.15) is 12.4 Å². The molecule has 2 amide bonds. The summed E-state index contributed by atoms with van der Waals surface area (Å²) in [5, 5.41) is 5.74. The van der Waals surface area contributed by atoms with Crippen LogP contribution in [0.1, 0.15) is 32.1 Å². The summed E-state index contributed by atoms with van der Waals surface area (Å²) in [4.78, 5) is 11.7. The van der Waals surface area contributed by atoms with E-state index in [2.05, 4.69) is 38.4 Å². The van der Waals surface area contributed by atoms with Gasteiger partial charge in [-0.25, -0.2) is 4.79 Å². The molecular formula is C17H21BrN2O2. The third-order valence-electron chi connectivity index (χ3n) is 3.51. The number of urea groups is 1. The Bertz CT molecular complexity index is 545. The molecule has 0 heterocycles. The molecule has 2 N–H and O–H groups in total. The van der Waals surface area contributed by atoms with Crippen LogP contribution in [0.25, 0.3) is 0 Å². The second-order valence-electron chi connectivity index (χ2n) is 5.26. The summed E-state index contributed by atoms with van der Waals surface area (Å²) in [6.07, 6.45) is 5.86. The molecule has 1 aromatic rings. The highest BCUT2D eigenvalue weighted by atomic mass is 79.9. The van der Waals surface area contributed by atoms with Gasteiger partial charge in [-0.1, -0.05) is 53.1 Å². The first-order valence-electron chi connectivity index (χ1n) is 7.62. The number of amides is 2. The van der Waals surface area contributed by atoms with Gasteiger partial charge in [0.15, 0.2) is 0 Å². The zero-order chi connectivity index (χ0) is 15.6. The van der Waals surface area contributed by atoms with Crippen molar-refractivity contribution in [3.63, 3.8) is 0 Å². The van der Waals surface area contributed by atoms with E-state index in [1.807, 2.05) is 24.3 Å². The number of carbonyl (C=O) groups excluding carboxylic acids is 1. The van der Waals surface area contributed by atoms with Gasteiger partial charge >= 0.3 is 6.03 Å². The number of nitrogens with one attached hydrogen (secondary N) is 2. The van der Waals surface area contributed by atoms with Gasteiger partial charge in [-0.05, 0) is 31.0 Å². The Kier molecular flexibility index (Phi) is 7.11. The molecule has 4 nitrogen and oxygen atoms in total. The first-order chi connectivity index (χ1) is 10.7. The Morgan fingerprint density at radius 3 is 2.86 bits per heavy atom. The van der Waals surface area contributed by atoms with Crippen LogP contribution in [0.15, 0.2) is 28.7 Å². The van der Waals surface area contributed by atoms with E-state index in [1.165, 1.54) is 19.3 Å². The fourth-order valence-electron chi connectivity index (χ4n) is 2.40. The van der Waals surface area contributed by atoms with Crippen LogP contribution in [0.3, 0.4) is 0 Å². The second kappa shape index (κ2) is 9.37. The maximum absolute atomic E-state index is 11.7. The van der Waals surface area contributed by atoms with Crippen LogP contribution in [0.5, 0.6) is 5.75 Å².